The number of alkyl carbamates (subject to hydrolysis) is 1. The molecule has 1 saturated carbocycles. The molecule has 0 unspecified atom stereocenters. The Bertz CT molecular complexity index is 254. The van der Waals surface area contributed by atoms with Crippen LogP contribution in [0.1, 0.15) is 12.8 Å². The van der Waals surface area contributed by atoms with Crippen molar-refractivity contribution in [3.05, 3.63) is 6.61 Å². The maximum atomic E-state index is 10.6. The van der Waals surface area contributed by atoms with Gasteiger partial charge in [-0.05, 0) is 18.4 Å². The first-order valence-corrected chi connectivity index (χ1v) is 3.67. The molecular weight excluding hydrogens is 434 g/mol. The summed E-state index contributed by atoms with van der Waals surface area (Å²) in [5.74, 6) is -1.15. The van der Waals surface area contributed by atoms with Gasteiger partial charge in [-0.1, -0.05) is 0 Å². The SMILES string of the molecule is O=C1NC2([CH-]O1)CC(C(=O)O)C2.[Rb+].[Re]. The molecule has 2 fully saturated rings. The van der Waals surface area contributed by atoms with Gasteiger partial charge in [0.1, 0.15) is 0 Å². The number of hydrogen-bond donors (Lipinski definition) is 2. The topological polar surface area (TPSA) is 75.6 Å². The smallest absolute Gasteiger partial charge is 0.619 e. The molecule has 14 heavy (non-hydrogen) atoms. The fraction of sp³-hybridized carbons (Fsp3) is 0.571. The Morgan fingerprint density at radius 2 is 2.21 bits per heavy atom. The molecular formula is C7H8NO4RbRe. The van der Waals surface area contributed by atoms with E-state index in [0.717, 1.165) is 0 Å². The number of carboxylic acid groups (broad SMARTS) is 1. The average molecular weight is 442 g/mol. The van der Waals surface area contributed by atoms with Crippen molar-refractivity contribution >= 4 is 12.1 Å². The molecule has 5 nitrogen and oxygen atoms in total. The van der Waals surface area contributed by atoms with E-state index in [9.17, 15) is 9.59 Å². The Morgan fingerprint density at radius 1 is 1.64 bits per heavy atom. The molecule has 7 heteroatoms. The molecule has 1 heterocycles. The van der Waals surface area contributed by atoms with Crippen LogP contribution in [-0.2, 0) is 30.0 Å². The van der Waals surface area contributed by atoms with Gasteiger partial charge in [0.05, 0.1) is 5.92 Å². The first kappa shape index (κ1) is 15.2. The van der Waals surface area contributed by atoms with Crippen LogP contribution in [0.25, 0.3) is 0 Å². The van der Waals surface area contributed by atoms with Crippen LogP contribution in [0.4, 0.5) is 4.79 Å². The van der Waals surface area contributed by atoms with Crippen LogP contribution in [0.5, 0.6) is 0 Å². The molecule has 1 saturated heterocycles. The maximum absolute atomic E-state index is 10.6. The zero-order valence-corrected chi connectivity index (χ0v) is 15.3. The Labute approximate surface area is 144 Å². The zero-order valence-electron chi connectivity index (χ0n) is 7.62. The molecule has 1 radical (unpaired) electrons. The van der Waals surface area contributed by atoms with Gasteiger partial charge >= 0.3 is 70.3 Å². The second-order valence-electron chi connectivity index (χ2n) is 3.25. The van der Waals surface area contributed by atoms with Crippen molar-refractivity contribution in [1.82, 2.24) is 5.32 Å². The average Bonchev–Trinajstić information content (AvgIpc) is 2.27. The first-order valence-electron chi connectivity index (χ1n) is 3.67. The molecule has 2 rings (SSSR count). The number of ether oxygens (including phenoxy) is 1. The monoisotopic (exact) mass is 442 g/mol. The number of carbonyl (C=O) groups is 2. The molecule has 73 valence electrons. The third kappa shape index (κ3) is 2.87. The van der Waals surface area contributed by atoms with Crippen LogP contribution in [0.3, 0.4) is 0 Å². The standard InChI is InChI=1S/C7H8NO4.Rb.Re/c9-5(10)4-1-7(2-4)3-12-6(11)8-7;;/h3-4H,1-2H2,(H,8,11)(H,9,10);;/q-1;+1;. The van der Waals surface area contributed by atoms with Gasteiger partial charge < -0.3 is 15.2 Å². The number of hydrogen-bond acceptors (Lipinski definition) is 3. The molecule has 1 aliphatic heterocycles. The van der Waals surface area contributed by atoms with Crippen molar-refractivity contribution in [3.63, 3.8) is 0 Å². The van der Waals surface area contributed by atoms with Gasteiger partial charge in [0, 0.05) is 20.4 Å². The van der Waals surface area contributed by atoms with Crippen molar-refractivity contribution in [2.45, 2.75) is 18.4 Å². The number of nitrogens with one attached hydrogen (secondary N) is 1. The van der Waals surface area contributed by atoms with E-state index in [1.54, 1.807) is 0 Å². The molecule has 0 aromatic carbocycles. The van der Waals surface area contributed by atoms with Gasteiger partial charge in [-0.2, -0.15) is 0 Å². The summed E-state index contributed by atoms with van der Waals surface area (Å²) < 4.78 is 4.57. The predicted octanol–water partition coefficient (Wildman–Crippen LogP) is -2.88. The van der Waals surface area contributed by atoms with Crippen molar-refractivity contribution in [3.8, 4) is 0 Å². The fourth-order valence-electron chi connectivity index (χ4n) is 1.62. The van der Waals surface area contributed by atoms with E-state index in [0.29, 0.717) is 12.8 Å². The Balaban J connectivity index is 0.000000845. The molecule has 0 aromatic heterocycles. The van der Waals surface area contributed by atoms with Crippen molar-refractivity contribution in [2.24, 2.45) is 5.92 Å². The van der Waals surface area contributed by atoms with Gasteiger partial charge in [0.15, 0.2) is 0 Å². The van der Waals surface area contributed by atoms with Crippen LogP contribution in [0, 0.1) is 12.5 Å². The summed E-state index contributed by atoms with van der Waals surface area (Å²) >= 11 is 0. The number of rotatable bonds is 1. The molecule has 1 amide bonds. The van der Waals surface area contributed by atoms with Crippen LogP contribution < -0.4 is 63.5 Å². The second-order valence-corrected chi connectivity index (χ2v) is 3.25. The van der Waals surface area contributed by atoms with Crippen LogP contribution >= 0.6 is 0 Å². The number of aliphatic carboxylic acids is 1. The van der Waals surface area contributed by atoms with E-state index in [-0.39, 0.29) is 84.5 Å². The summed E-state index contributed by atoms with van der Waals surface area (Å²) in [6.07, 6.45) is 0.390. The summed E-state index contributed by atoms with van der Waals surface area (Å²) in [6.45, 7) is 1.40. The summed E-state index contributed by atoms with van der Waals surface area (Å²) in [5.41, 5.74) is -0.486. The minimum absolute atomic E-state index is 0. The van der Waals surface area contributed by atoms with E-state index in [1.807, 2.05) is 0 Å². The van der Waals surface area contributed by atoms with E-state index in [2.05, 4.69) is 10.1 Å². The van der Waals surface area contributed by atoms with Gasteiger partial charge in [0.25, 0.3) is 0 Å². The second kappa shape index (κ2) is 5.51. The molecule has 2 aliphatic rings. The summed E-state index contributed by atoms with van der Waals surface area (Å²) in [6, 6.07) is 0. The predicted molar refractivity (Wildman–Crippen MR) is 37.0 cm³/mol. The number of carbonyl (C=O) groups excluding carboxylic acids is 1. The number of carboxylic acids is 1. The minimum atomic E-state index is -0.810. The normalized spacial score (nSPS) is 33.1. The van der Waals surface area contributed by atoms with Crippen LogP contribution in [-0.4, -0.2) is 22.7 Å². The van der Waals surface area contributed by atoms with Crippen molar-refractivity contribution in [1.29, 1.82) is 0 Å². The fourth-order valence-corrected chi connectivity index (χ4v) is 1.62. The maximum Gasteiger partial charge on any atom is 1.00 e. The van der Waals surface area contributed by atoms with E-state index >= 15 is 0 Å². The Hall–Kier alpha value is 1.21. The third-order valence-electron chi connectivity index (χ3n) is 2.31. The Kier molecular flexibility index (Phi) is 5.99. The minimum Gasteiger partial charge on any atom is -0.619 e. The van der Waals surface area contributed by atoms with E-state index in [1.165, 1.54) is 6.61 Å². The van der Waals surface area contributed by atoms with Crippen LogP contribution in [0.2, 0.25) is 0 Å². The molecule has 0 aromatic rings. The van der Waals surface area contributed by atoms with Crippen molar-refractivity contribution < 1.29 is 98.0 Å². The van der Waals surface area contributed by atoms with Gasteiger partial charge in [-0.15, -0.1) is 6.61 Å². The van der Waals surface area contributed by atoms with Crippen molar-refractivity contribution in [2.75, 3.05) is 0 Å². The molecule has 2 N–H and O–H groups in total. The molecule has 1 aliphatic carbocycles. The molecule has 0 atom stereocenters. The largest absolute Gasteiger partial charge is 1.00 e. The van der Waals surface area contributed by atoms with Gasteiger partial charge in [-0.3, -0.25) is 4.79 Å². The quantitative estimate of drug-likeness (QED) is 0.429. The summed E-state index contributed by atoms with van der Waals surface area (Å²) in [5, 5.41) is 11.1. The first-order chi connectivity index (χ1) is 5.61. The summed E-state index contributed by atoms with van der Waals surface area (Å²) in [7, 11) is 0. The third-order valence-corrected chi connectivity index (χ3v) is 2.31. The molecule has 0 bridgehead atoms. The zero-order chi connectivity index (χ0) is 8.77. The summed E-state index contributed by atoms with van der Waals surface area (Å²) in [4.78, 5) is 21.1. The van der Waals surface area contributed by atoms with Gasteiger partial charge in [-0.25, -0.2) is 4.79 Å². The number of cyclic esters (lactones) is 1. The Morgan fingerprint density at radius 3 is 2.57 bits per heavy atom. The van der Waals surface area contributed by atoms with E-state index in [4.69, 9.17) is 5.11 Å². The molecule has 1 spiro atoms. The van der Waals surface area contributed by atoms with E-state index < -0.39 is 17.6 Å². The van der Waals surface area contributed by atoms with Gasteiger partial charge in [0.2, 0.25) is 0 Å². The van der Waals surface area contributed by atoms with Crippen LogP contribution in [0.15, 0.2) is 0 Å². The number of amides is 1.